The van der Waals surface area contributed by atoms with Crippen molar-refractivity contribution in [3.8, 4) is 0 Å². The van der Waals surface area contributed by atoms with Crippen molar-refractivity contribution >= 4 is 17.2 Å². The van der Waals surface area contributed by atoms with Gasteiger partial charge >= 0.3 is 0 Å². The number of rotatable bonds is 4. The number of amides is 1. The fourth-order valence-corrected chi connectivity index (χ4v) is 3.57. The molecule has 1 atom stereocenters. The molecule has 1 N–H and O–H groups in total. The van der Waals surface area contributed by atoms with Gasteiger partial charge in [-0.05, 0) is 37.8 Å². The molecule has 0 spiro atoms. The van der Waals surface area contributed by atoms with Gasteiger partial charge < -0.3 is 10.1 Å². The average molecular weight is 311 g/mol. The first-order valence-electron chi connectivity index (χ1n) is 8.12. The van der Waals surface area contributed by atoms with Gasteiger partial charge in [0.2, 0.25) is 0 Å². The van der Waals surface area contributed by atoms with Crippen LogP contribution in [0.25, 0.3) is 0 Å². The molecule has 0 bridgehead atoms. The van der Waals surface area contributed by atoms with Crippen molar-refractivity contribution < 1.29 is 9.53 Å². The lowest BCUT2D eigenvalue weighted by Crippen LogP contribution is -2.23. The summed E-state index contributed by atoms with van der Waals surface area (Å²) in [5.41, 5.74) is 0.171. The van der Waals surface area contributed by atoms with Gasteiger partial charge in [-0.1, -0.05) is 27.7 Å². The summed E-state index contributed by atoms with van der Waals surface area (Å²) in [5, 5.41) is 2.94. The molecular weight excluding hydrogens is 282 g/mol. The first kappa shape index (κ1) is 18.2. The van der Waals surface area contributed by atoms with Gasteiger partial charge in [-0.2, -0.15) is 0 Å². The molecule has 3 nitrogen and oxygen atoms in total. The second-order valence-electron chi connectivity index (χ2n) is 5.45. The Bertz CT molecular complexity index is 420. The van der Waals surface area contributed by atoms with Gasteiger partial charge in [-0.25, -0.2) is 0 Å². The Kier molecular flexibility index (Phi) is 7.97. The van der Waals surface area contributed by atoms with E-state index in [4.69, 9.17) is 4.74 Å². The fraction of sp³-hybridized carbons (Fsp3) is 0.706. The van der Waals surface area contributed by atoms with Crippen LogP contribution in [0.15, 0.2) is 12.1 Å². The third-order valence-corrected chi connectivity index (χ3v) is 5.17. The maximum atomic E-state index is 11.9. The minimum absolute atomic E-state index is 0.0616. The van der Waals surface area contributed by atoms with E-state index in [9.17, 15) is 4.79 Å². The topological polar surface area (TPSA) is 38.3 Å². The summed E-state index contributed by atoms with van der Waals surface area (Å²) in [6.45, 7) is 10.8. The van der Waals surface area contributed by atoms with Crippen LogP contribution >= 0.6 is 11.3 Å². The van der Waals surface area contributed by atoms with E-state index in [1.165, 1.54) is 4.88 Å². The van der Waals surface area contributed by atoms with Gasteiger partial charge in [-0.15, -0.1) is 11.3 Å². The Labute approximate surface area is 133 Å². The SMILES string of the molecule is CC.CCCNC(=O)c1ccc(C2(C)CCCOCC2)s1. The number of hydrogen-bond acceptors (Lipinski definition) is 3. The van der Waals surface area contributed by atoms with Crippen LogP contribution in [-0.4, -0.2) is 25.7 Å². The zero-order chi connectivity index (χ0) is 15.7. The molecule has 2 heterocycles. The van der Waals surface area contributed by atoms with E-state index in [0.29, 0.717) is 0 Å². The van der Waals surface area contributed by atoms with Crippen LogP contribution < -0.4 is 5.32 Å². The zero-order valence-electron chi connectivity index (χ0n) is 13.8. The van der Waals surface area contributed by atoms with Crippen LogP contribution in [0.2, 0.25) is 0 Å². The Balaban J connectivity index is 0.00000106. The van der Waals surface area contributed by atoms with Crippen LogP contribution in [0.3, 0.4) is 0 Å². The molecule has 0 saturated carbocycles. The van der Waals surface area contributed by atoms with E-state index >= 15 is 0 Å². The summed E-state index contributed by atoms with van der Waals surface area (Å²) in [4.78, 5) is 14.1. The predicted octanol–water partition coefficient (Wildman–Crippen LogP) is 4.37. The lowest BCUT2D eigenvalue weighted by Gasteiger charge is -2.25. The van der Waals surface area contributed by atoms with Gasteiger partial charge in [-0.3, -0.25) is 4.79 Å². The molecule has 0 aromatic carbocycles. The number of thiophene rings is 1. The molecular formula is C17H29NO2S. The van der Waals surface area contributed by atoms with Crippen LogP contribution in [-0.2, 0) is 10.2 Å². The molecule has 2 rings (SSSR count). The zero-order valence-corrected chi connectivity index (χ0v) is 14.6. The number of carbonyl (C=O) groups is 1. The second-order valence-corrected chi connectivity index (χ2v) is 6.53. The molecule has 0 radical (unpaired) electrons. The van der Waals surface area contributed by atoms with Crippen molar-refractivity contribution in [1.82, 2.24) is 5.32 Å². The molecule has 1 amide bonds. The van der Waals surface area contributed by atoms with Crippen LogP contribution in [0.4, 0.5) is 0 Å². The Morgan fingerprint density at radius 2 is 2.10 bits per heavy atom. The second kappa shape index (κ2) is 9.21. The maximum absolute atomic E-state index is 11.9. The molecule has 1 aromatic heterocycles. The van der Waals surface area contributed by atoms with Crippen molar-refractivity contribution in [2.24, 2.45) is 0 Å². The molecule has 1 aromatic rings. The minimum atomic E-state index is 0.0616. The summed E-state index contributed by atoms with van der Waals surface area (Å²) in [5.74, 6) is 0.0616. The number of carbonyl (C=O) groups excluding carboxylic acids is 1. The molecule has 120 valence electrons. The third kappa shape index (κ3) is 5.11. The van der Waals surface area contributed by atoms with E-state index in [1.807, 2.05) is 19.9 Å². The highest BCUT2D eigenvalue weighted by Gasteiger charge is 2.30. The van der Waals surface area contributed by atoms with Crippen molar-refractivity contribution in [1.29, 1.82) is 0 Å². The molecule has 21 heavy (non-hydrogen) atoms. The predicted molar refractivity (Wildman–Crippen MR) is 90.3 cm³/mol. The van der Waals surface area contributed by atoms with E-state index in [1.54, 1.807) is 11.3 Å². The first-order chi connectivity index (χ1) is 10.2. The van der Waals surface area contributed by atoms with Gasteiger partial charge in [0.1, 0.15) is 0 Å². The van der Waals surface area contributed by atoms with Crippen LogP contribution in [0.1, 0.15) is 67.9 Å². The van der Waals surface area contributed by atoms with Gasteiger partial charge in [0.05, 0.1) is 4.88 Å². The molecule has 1 fully saturated rings. The molecule has 1 saturated heterocycles. The Hall–Kier alpha value is -0.870. The van der Waals surface area contributed by atoms with Gasteiger partial charge in [0, 0.05) is 30.1 Å². The van der Waals surface area contributed by atoms with Crippen LogP contribution in [0.5, 0.6) is 0 Å². The van der Waals surface area contributed by atoms with Crippen molar-refractivity contribution in [3.05, 3.63) is 21.9 Å². The van der Waals surface area contributed by atoms with E-state index in [-0.39, 0.29) is 11.3 Å². The number of nitrogens with one attached hydrogen (secondary N) is 1. The molecule has 4 heteroatoms. The summed E-state index contributed by atoms with van der Waals surface area (Å²) >= 11 is 1.64. The van der Waals surface area contributed by atoms with Crippen molar-refractivity contribution in [2.75, 3.05) is 19.8 Å². The van der Waals surface area contributed by atoms with E-state index < -0.39 is 0 Å². The summed E-state index contributed by atoms with van der Waals surface area (Å²) in [6.07, 6.45) is 4.26. The lowest BCUT2D eigenvalue weighted by molar-refractivity contribution is 0.0957. The number of hydrogen-bond donors (Lipinski definition) is 1. The van der Waals surface area contributed by atoms with E-state index in [2.05, 4.69) is 25.2 Å². The molecule has 1 aliphatic heterocycles. The quantitative estimate of drug-likeness (QED) is 0.896. The monoisotopic (exact) mass is 311 g/mol. The largest absolute Gasteiger partial charge is 0.381 e. The fourth-order valence-electron chi connectivity index (χ4n) is 2.45. The summed E-state index contributed by atoms with van der Waals surface area (Å²) < 4.78 is 5.54. The average Bonchev–Trinajstić information content (AvgIpc) is 2.91. The van der Waals surface area contributed by atoms with Crippen molar-refractivity contribution in [2.45, 2.75) is 58.8 Å². The molecule has 1 aliphatic rings. The smallest absolute Gasteiger partial charge is 0.261 e. The van der Waals surface area contributed by atoms with Crippen LogP contribution in [0, 0.1) is 0 Å². The third-order valence-electron chi connectivity index (χ3n) is 3.78. The molecule has 0 aliphatic carbocycles. The first-order valence-corrected chi connectivity index (χ1v) is 8.93. The standard InChI is InChI=1S/C15H23NO2S.C2H6/c1-3-9-16-14(17)12-5-6-13(19-12)15(2)7-4-10-18-11-8-15;1-2/h5-6H,3-4,7-11H2,1-2H3,(H,16,17);1-2H3. The minimum Gasteiger partial charge on any atom is -0.381 e. The normalized spacial score (nSPS) is 21.9. The van der Waals surface area contributed by atoms with Crippen molar-refractivity contribution in [3.63, 3.8) is 0 Å². The lowest BCUT2D eigenvalue weighted by atomic mass is 9.81. The summed E-state index contributed by atoms with van der Waals surface area (Å²) in [7, 11) is 0. The Morgan fingerprint density at radius 3 is 2.81 bits per heavy atom. The van der Waals surface area contributed by atoms with E-state index in [0.717, 1.165) is 50.3 Å². The summed E-state index contributed by atoms with van der Waals surface area (Å²) in [6, 6.07) is 4.08. The highest BCUT2D eigenvalue weighted by Crippen LogP contribution is 2.38. The van der Waals surface area contributed by atoms with Gasteiger partial charge in [0.15, 0.2) is 0 Å². The van der Waals surface area contributed by atoms with Gasteiger partial charge in [0.25, 0.3) is 5.91 Å². The maximum Gasteiger partial charge on any atom is 0.261 e. The Morgan fingerprint density at radius 1 is 1.33 bits per heavy atom. The highest BCUT2D eigenvalue weighted by atomic mass is 32.1. The molecule has 1 unspecified atom stereocenters. The number of ether oxygens (including phenoxy) is 1. The highest BCUT2D eigenvalue weighted by molar-refractivity contribution is 7.14.